The van der Waals surface area contributed by atoms with Gasteiger partial charge in [0.1, 0.15) is 11.4 Å². The number of nitrogens with zero attached hydrogens (tertiary/aromatic N) is 7. The Balaban J connectivity index is 1.52. The zero-order chi connectivity index (χ0) is 19.9. The normalized spacial score (nSPS) is 11.3. The lowest BCUT2D eigenvalue weighted by Crippen LogP contribution is -1.88. The molecule has 6 aromatic rings. The van der Waals surface area contributed by atoms with Gasteiger partial charge in [0.2, 0.25) is 0 Å². The number of hydrogen-bond donors (Lipinski definition) is 2. The van der Waals surface area contributed by atoms with Crippen LogP contribution in [0.1, 0.15) is 0 Å². The van der Waals surface area contributed by atoms with Crippen LogP contribution in [0.4, 0.5) is 0 Å². The van der Waals surface area contributed by atoms with Gasteiger partial charge < -0.3 is 4.98 Å². The molecule has 6 aromatic heterocycles. The Bertz CT molecular complexity index is 1490. The van der Waals surface area contributed by atoms with Gasteiger partial charge >= 0.3 is 0 Å². The van der Waals surface area contributed by atoms with Gasteiger partial charge in [-0.15, -0.1) is 0 Å². The summed E-state index contributed by atoms with van der Waals surface area (Å²) in [6.45, 7) is 0. The van der Waals surface area contributed by atoms with Gasteiger partial charge in [0, 0.05) is 41.9 Å². The van der Waals surface area contributed by atoms with Gasteiger partial charge in [-0.3, -0.25) is 25.0 Å². The number of rotatable bonds is 3. The third-order valence-corrected chi connectivity index (χ3v) is 4.88. The summed E-state index contributed by atoms with van der Waals surface area (Å²) in [4.78, 5) is 29.5. The Morgan fingerprint density at radius 2 is 1.70 bits per heavy atom. The lowest BCUT2D eigenvalue weighted by atomic mass is 10.1. The summed E-state index contributed by atoms with van der Waals surface area (Å²) in [6, 6.07) is 7.80. The SMILES string of the molecule is c1cc(-c2ccnc3nc(-c4n[nH]c5cnc(-c6cnccn6)cc45)[nH]c23)ccn1. The quantitative estimate of drug-likeness (QED) is 0.474. The molecule has 0 radical (unpaired) electrons. The smallest absolute Gasteiger partial charge is 0.178 e. The van der Waals surface area contributed by atoms with Crippen LogP contribution in [-0.2, 0) is 0 Å². The summed E-state index contributed by atoms with van der Waals surface area (Å²) < 4.78 is 0. The number of aromatic nitrogens is 9. The number of hydrogen-bond acceptors (Lipinski definition) is 7. The summed E-state index contributed by atoms with van der Waals surface area (Å²) in [5.41, 5.74) is 6.41. The van der Waals surface area contributed by atoms with Crippen LogP contribution in [0.5, 0.6) is 0 Å². The standard InChI is InChI=1S/C21H13N9/c1-4-22-5-2-12(1)13-3-6-25-20-18(13)27-21(28-20)19-14-9-15(17-10-23-7-8-24-17)26-11-16(14)29-30-19/h1-11H,(H,29,30)(H,25,27,28). The molecule has 9 heteroatoms. The topological polar surface area (TPSA) is 122 Å². The van der Waals surface area contributed by atoms with Crippen LogP contribution in [-0.4, -0.2) is 45.1 Å². The Kier molecular flexibility index (Phi) is 3.57. The number of imidazole rings is 1. The zero-order valence-electron chi connectivity index (χ0n) is 15.5. The third-order valence-electron chi connectivity index (χ3n) is 4.88. The van der Waals surface area contributed by atoms with Crippen LogP contribution >= 0.6 is 0 Å². The highest BCUT2D eigenvalue weighted by Crippen LogP contribution is 2.31. The predicted octanol–water partition coefficient (Wildman–Crippen LogP) is 3.42. The van der Waals surface area contributed by atoms with Crippen molar-refractivity contribution in [3.63, 3.8) is 0 Å². The molecule has 0 saturated heterocycles. The highest BCUT2D eigenvalue weighted by Gasteiger charge is 2.16. The first-order valence-corrected chi connectivity index (χ1v) is 9.23. The Labute approximate surface area is 169 Å². The summed E-state index contributed by atoms with van der Waals surface area (Å²) in [6.07, 6.45) is 12.0. The van der Waals surface area contributed by atoms with Gasteiger partial charge in [0.25, 0.3) is 0 Å². The van der Waals surface area contributed by atoms with Crippen molar-refractivity contribution in [2.45, 2.75) is 0 Å². The van der Waals surface area contributed by atoms with Gasteiger partial charge in [-0.1, -0.05) is 0 Å². The maximum Gasteiger partial charge on any atom is 0.178 e. The van der Waals surface area contributed by atoms with Crippen LogP contribution in [0, 0.1) is 0 Å². The number of nitrogens with one attached hydrogen (secondary N) is 2. The lowest BCUT2D eigenvalue weighted by molar-refractivity contribution is 1.10. The maximum atomic E-state index is 4.68. The van der Waals surface area contributed by atoms with Gasteiger partial charge in [-0.05, 0) is 29.8 Å². The Hall–Kier alpha value is -4.53. The molecule has 2 N–H and O–H groups in total. The van der Waals surface area contributed by atoms with Crippen molar-refractivity contribution in [3.05, 3.63) is 67.6 Å². The molecule has 0 fully saturated rings. The molecule has 0 amide bonds. The molecule has 0 aliphatic carbocycles. The van der Waals surface area contributed by atoms with E-state index in [4.69, 9.17) is 0 Å². The van der Waals surface area contributed by atoms with Crippen molar-refractivity contribution in [2.24, 2.45) is 0 Å². The largest absolute Gasteiger partial charge is 0.335 e. The van der Waals surface area contributed by atoms with Gasteiger partial charge in [0.15, 0.2) is 11.5 Å². The van der Waals surface area contributed by atoms with Gasteiger partial charge in [0.05, 0.1) is 29.1 Å². The van der Waals surface area contributed by atoms with Crippen LogP contribution < -0.4 is 0 Å². The molecular formula is C21H13N9. The minimum absolute atomic E-state index is 0.624. The van der Waals surface area contributed by atoms with E-state index in [0.29, 0.717) is 28.6 Å². The van der Waals surface area contributed by atoms with Crippen LogP contribution in [0.3, 0.4) is 0 Å². The summed E-state index contributed by atoms with van der Waals surface area (Å²) in [5.74, 6) is 0.626. The van der Waals surface area contributed by atoms with E-state index in [-0.39, 0.29) is 0 Å². The first-order valence-electron chi connectivity index (χ1n) is 9.23. The third kappa shape index (κ3) is 2.60. The second-order valence-corrected chi connectivity index (χ2v) is 6.66. The number of fused-ring (bicyclic) bond motifs is 2. The van der Waals surface area contributed by atoms with Gasteiger partial charge in [-0.2, -0.15) is 5.10 Å². The van der Waals surface area contributed by atoms with E-state index in [1.807, 2.05) is 24.3 Å². The van der Waals surface area contributed by atoms with E-state index < -0.39 is 0 Å². The molecule has 0 atom stereocenters. The fraction of sp³-hybridized carbons (Fsp3) is 0. The molecular weight excluding hydrogens is 378 g/mol. The van der Waals surface area contributed by atoms with E-state index in [1.54, 1.807) is 43.4 Å². The molecule has 9 nitrogen and oxygen atoms in total. The van der Waals surface area contributed by atoms with Crippen molar-refractivity contribution in [1.82, 2.24) is 45.1 Å². The maximum absolute atomic E-state index is 4.68. The van der Waals surface area contributed by atoms with Crippen LogP contribution in [0.25, 0.3) is 56.1 Å². The molecule has 142 valence electrons. The van der Waals surface area contributed by atoms with Crippen molar-refractivity contribution in [1.29, 1.82) is 0 Å². The Morgan fingerprint density at radius 3 is 2.57 bits per heavy atom. The molecule has 0 saturated carbocycles. The minimum Gasteiger partial charge on any atom is -0.335 e. The summed E-state index contributed by atoms with van der Waals surface area (Å²) in [7, 11) is 0. The fourth-order valence-corrected chi connectivity index (χ4v) is 3.46. The fourth-order valence-electron chi connectivity index (χ4n) is 3.46. The Morgan fingerprint density at radius 1 is 0.767 bits per heavy atom. The van der Waals surface area contributed by atoms with E-state index in [0.717, 1.165) is 27.5 Å². The summed E-state index contributed by atoms with van der Waals surface area (Å²) in [5, 5.41) is 8.37. The van der Waals surface area contributed by atoms with E-state index in [9.17, 15) is 0 Å². The molecule has 0 aliphatic heterocycles. The zero-order valence-corrected chi connectivity index (χ0v) is 15.5. The average molecular weight is 391 g/mol. The average Bonchev–Trinajstić information content (AvgIpc) is 3.43. The highest BCUT2D eigenvalue weighted by molar-refractivity contribution is 5.96. The van der Waals surface area contributed by atoms with Crippen molar-refractivity contribution in [3.8, 4) is 34.0 Å². The van der Waals surface area contributed by atoms with E-state index in [1.165, 1.54) is 0 Å². The van der Waals surface area contributed by atoms with Crippen LogP contribution in [0.2, 0.25) is 0 Å². The van der Waals surface area contributed by atoms with Crippen molar-refractivity contribution in [2.75, 3.05) is 0 Å². The lowest BCUT2D eigenvalue weighted by Gasteiger charge is -2.01. The van der Waals surface area contributed by atoms with Crippen LogP contribution in [0.15, 0.2) is 67.6 Å². The second kappa shape index (κ2) is 6.52. The number of H-pyrrole nitrogens is 2. The second-order valence-electron chi connectivity index (χ2n) is 6.66. The first kappa shape index (κ1) is 16.4. The molecule has 30 heavy (non-hydrogen) atoms. The molecule has 0 unspecified atom stereocenters. The molecule has 6 heterocycles. The molecule has 0 aromatic carbocycles. The van der Waals surface area contributed by atoms with Crippen molar-refractivity contribution < 1.29 is 0 Å². The van der Waals surface area contributed by atoms with Gasteiger partial charge in [-0.25, -0.2) is 9.97 Å². The van der Waals surface area contributed by atoms with E-state index >= 15 is 0 Å². The van der Waals surface area contributed by atoms with Crippen molar-refractivity contribution >= 4 is 22.1 Å². The highest BCUT2D eigenvalue weighted by atomic mass is 15.1. The molecule has 0 aliphatic rings. The molecule has 0 spiro atoms. The monoisotopic (exact) mass is 391 g/mol. The number of aromatic amines is 2. The molecule has 0 bridgehead atoms. The number of pyridine rings is 3. The minimum atomic E-state index is 0.624. The molecule has 6 rings (SSSR count). The predicted molar refractivity (Wildman–Crippen MR) is 111 cm³/mol. The first-order chi connectivity index (χ1) is 14.9. The van der Waals surface area contributed by atoms with E-state index in [2.05, 4.69) is 45.1 Å². The summed E-state index contributed by atoms with van der Waals surface area (Å²) >= 11 is 0.